The lowest BCUT2D eigenvalue weighted by Gasteiger charge is -2.37. The summed E-state index contributed by atoms with van der Waals surface area (Å²) in [5, 5.41) is 3.60. The van der Waals surface area contributed by atoms with E-state index in [2.05, 4.69) is 17.3 Å². The number of hydrogen-bond acceptors (Lipinski definition) is 9. The van der Waals surface area contributed by atoms with Crippen molar-refractivity contribution in [3.63, 3.8) is 0 Å². The SMILES string of the molecule is COC1(OC)COC2C(F)CN(C(=O)C(CC(C)C)NC(=O)c3oc4ccc(OC[C@H]5CN(C)CCO5)cc4c3C)C21. The molecule has 3 aliphatic heterocycles. The highest BCUT2D eigenvalue weighted by Crippen LogP contribution is 2.40. The van der Waals surface area contributed by atoms with Gasteiger partial charge in [0.15, 0.2) is 5.76 Å². The van der Waals surface area contributed by atoms with E-state index in [1.807, 2.05) is 19.9 Å². The number of alkyl halides is 1. The van der Waals surface area contributed by atoms with Gasteiger partial charge in [0.2, 0.25) is 11.7 Å². The van der Waals surface area contributed by atoms with Crippen molar-refractivity contribution in [2.24, 2.45) is 5.92 Å². The van der Waals surface area contributed by atoms with Crippen LogP contribution in [0.4, 0.5) is 4.39 Å². The van der Waals surface area contributed by atoms with Crippen LogP contribution in [0.3, 0.4) is 0 Å². The van der Waals surface area contributed by atoms with E-state index in [1.165, 1.54) is 19.1 Å². The fourth-order valence-electron chi connectivity index (χ4n) is 6.21. The van der Waals surface area contributed by atoms with Crippen LogP contribution < -0.4 is 10.1 Å². The molecule has 3 aliphatic rings. The van der Waals surface area contributed by atoms with Crippen LogP contribution in [0.1, 0.15) is 36.4 Å². The number of ether oxygens (including phenoxy) is 5. The van der Waals surface area contributed by atoms with Gasteiger partial charge in [0, 0.05) is 38.3 Å². The third kappa shape index (κ3) is 5.87. The fourth-order valence-corrected chi connectivity index (χ4v) is 6.21. The predicted molar refractivity (Wildman–Crippen MR) is 151 cm³/mol. The fraction of sp³-hybridized carbons (Fsp3) is 0.667. The molecule has 0 saturated carbocycles. The number of furan rings is 1. The van der Waals surface area contributed by atoms with Gasteiger partial charge in [-0.05, 0) is 44.5 Å². The molecule has 1 aromatic heterocycles. The smallest absolute Gasteiger partial charge is 0.287 e. The molecule has 0 radical (unpaired) electrons. The van der Waals surface area contributed by atoms with Crippen LogP contribution in [-0.2, 0) is 23.7 Å². The summed E-state index contributed by atoms with van der Waals surface area (Å²) in [6.07, 6.45) is -1.95. The molecule has 2 amide bonds. The number of methoxy groups -OCH3 is 2. The van der Waals surface area contributed by atoms with Crippen molar-refractivity contribution in [3.05, 3.63) is 29.5 Å². The van der Waals surface area contributed by atoms with E-state index in [0.717, 1.165) is 18.5 Å². The van der Waals surface area contributed by atoms with E-state index < -0.39 is 42.0 Å². The third-order valence-corrected chi connectivity index (χ3v) is 8.48. The van der Waals surface area contributed by atoms with Gasteiger partial charge in [-0.3, -0.25) is 9.59 Å². The number of likely N-dealkylation sites (tertiary alicyclic amines) is 1. The Bertz CT molecular complexity index is 1280. The summed E-state index contributed by atoms with van der Waals surface area (Å²) in [5.74, 6) is -1.42. The molecule has 0 spiro atoms. The maximum atomic E-state index is 15.0. The van der Waals surface area contributed by atoms with Crippen molar-refractivity contribution in [3.8, 4) is 5.75 Å². The van der Waals surface area contributed by atoms with E-state index in [-0.39, 0.29) is 30.9 Å². The Labute approximate surface area is 245 Å². The monoisotopic (exact) mass is 591 g/mol. The van der Waals surface area contributed by atoms with Crippen molar-refractivity contribution in [1.29, 1.82) is 0 Å². The molecular formula is C30H42FN3O8. The molecule has 5 atom stereocenters. The zero-order valence-electron chi connectivity index (χ0n) is 25.2. The molecule has 1 aromatic carbocycles. The van der Waals surface area contributed by atoms with Gasteiger partial charge in [-0.15, -0.1) is 0 Å². The van der Waals surface area contributed by atoms with E-state index in [9.17, 15) is 14.0 Å². The van der Waals surface area contributed by atoms with Gasteiger partial charge in [0.05, 0.1) is 13.2 Å². The summed E-state index contributed by atoms with van der Waals surface area (Å²) in [6.45, 7) is 8.29. The minimum Gasteiger partial charge on any atom is -0.491 e. The quantitative estimate of drug-likeness (QED) is 0.417. The number of aryl methyl sites for hydroxylation is 1. The van der Waals surface area contributed by atoms with Crippen LogP contribution >= 0.6 is 0 Å². The minimum atomic E-state index is -1.40. The number of amides is 2. The summed E-state index contributed by atoms with van der Waals surface area (Å²) in [7, 11) is 4.94. The molecule has 4 heterocycles. The van der Waals surface area contributed by atoms with Gasteiger partial charge in [-0.25, -0.2) is 4.39 Å². The highest BCUT2D eigenvalue weighted by molar-refractivity contribution is 6.01. The molecule has 42 heavy (non-hydrogen) atoms. The number of hydrogen-bond donors (Lipinski definition) is 1. The van der Waals surface area contributed by atoms with E-state index in [1.54, 1.807) is 19.1 Å². The minimum absolute atomic E-state index is 0.00461. The molecule has 5 rings (SSSR count). The molecule has 3 fully saturated rings. The summed E-state index contributed by atoms with van der Waals surface area (Å²) < 4.78 is 49.5. The van der Waals surface area contributed by atoms with Crippen LogP contribution in [0.25, 0.3) is 11.0 Å². The van der Waals surface area contributed by atoms with Gasteiger partial charge in [-0.1, -0.05) is 13.8 Å². The molecule has 3 saturated heterocycles. The third-order valence-electron chi connectivity index (χ3n) is 8.48. The second kappa shape index (κ2) is 12.5. The Morgan fingerprint density at radius 2 is 1.95 bits per heavy atom. The standard InChI is InChI=1S/C30H42FN3O8/c1-17(2)11-23(29(36)34-14-22(31)26-27(34)30(37-5,38-6)16-41-26)32-28(35)25-18(3)21-12-19(7-8-24(21)42-25)40-15-20-13-33(4)9-10-39-20/h7-8,12,17,20,22-23,26-27H,9-11,13-16H2,1-6H3,(H,32,35)/t20-,22?,23?,26?,27?/m1/s1. The lowest BCUT2D eigenvalue weighted by molar-refractivity contribution is -0.227. The number of rotatable bonds is 10. The van der Waals surface area contributed by atoms with Crippen LogP contribution in [0.2, 0.25) is 0 Å². The summed E-state index contributed by atoms with van der Waals surface area (Å²) in [4.78, 5) is 31.0. The van der Waals surface area contributed by atoms with Crippen LogP contribution in [0.15, 0.2) is 22.6 Å². The van der Waals surface area contributed by atoms with Gasteiger partial charge in [0.25, 0.3) is 5.91 Å². The van der Waals surface area contributed by atoms with Crippen LogP contribution in [-0.4, -0.2) is 119 Å². The maximum absolute atomic E-state index is 15.0. The second-order valence-corrected chi connectivity index (χ2v) is 11.9. The molecule has 2 aromatic rings. The highest BCUT2D eigenvalue weighted by Gasteiger charge is 2.62. The second-order valence-electron chi connectivity index (χ2n) is 11.9. The topological polar surface area (TPSA) is 112 Å². The molecule has 0 bridgehead atoms. The average molecular weight is 592 g/mol. The number of halogens is 1. The molecule has 1 N–H and O–H groups in total. The predicted octanol–water partition coefficient (Wildman–Crippen LogP) is 2.53. The van der Waals surface area contributed by atoms with E-state index in [4.69, 9.17) is 28.1 Å². The Hall–Kier alpha value is -2.77. The summed E-state index contributed by atoms with van der Waals surface area (Å²) >= 11 is 0. The largest absolute Gasteiger partial charge is 0.491 e. The Morgan fingerprint density at radius 3 is 2.64 bits per heavy atom. The van der Waals surface area contributed by atoms with Gasteiger partial charge in [-0.2, -0.15) is 0 Å². The number of morpholine rings is 1. The first kappa shape index (κ1) is 30.7. The molecule has 12 heteroatoms. The van der Waals surface area contributed by atoms with Crippen molar-refractivity contribution >= 4 is 22.8 Å². The number of nitrogens with one attached hydrogen (secondary N) is 1. The first-order chi connectivity index (χ1) is 20.1. The number of fused-ring (bicyclic) bond motifs is 2. The molecule has 0 aliphatic carbocycles. The van der Waals surface area contributed by atoms with E-state index in [0.29, 0.717) is 36.5 Å². The summed E-state index contributed by atoms with van der Waals surface area (Å²) in [5.41, 5.74) is 1.16. The Kier molecular flexibility index (Phi) is 9.10. The van der Waals surface area contributed by atoms with Gasteiger partial charge >= 0.3 is 0 Å². The lowest BCUT2D eigenvalue weighted by atomic mass is 10.00. The number of carbonyl (C=O) groups excluding carboxylic acids is 2. The molecule has 4 unspecified atom stereocenters. The van der Waals surface area contributed by atoms with Crippen LogP contribution in [0, 0.1) is 12.8 Å². The maximum Gasteiger partial charge on any atom is 0.287 e. The van der Waals surface area contributed by atoms with Crippen molar-refractivity contribution < 1.29 is 42.1 Å². The number of likely N-dealkylation sites (N-methyl/N-ethyl adjacent to an activating group) is 1. The number of nitrogens with zero attached hydrogens (tertiary/aromatic N) is 2. The van der Waals surface area contributed by atoms with Crippen molar-refractivity contribution in [2.45, 2.75) is 63.4 Å². The molecular weight excluding hydrogens is 549 g/mol. The first-order valence-corrected chi connectivity index (χ1v) is 14.5. The Morgan fingerprint density at radius 1 is 1.19 bits per heavy atom. The van der Waals surface area contributed by atoms with Crippen molar-refractivity contribution in [1.82, 2.24) is 15.1 Å². The van der Waals surface area contributed by atoms with Gasteiger partial charge in [0.1, 0.15) is 55.0 Å². The summed E-state index contributed by atoms with van der Waals surface area (Å²) in [6, 6.07) is 3.70. The average Bonchev–Trinajstić information content (AvgIpc) is 3.62. The Balaban J connectivity index is 1.32. The zero-order chi connectivity index (χ0) is 30.2. The van der Waals surface area contributed by atoms with E-state index >= 15 is 0 Å². The highest BCUT2D eigenvalue weighted by atomic mass is 19.1. The molecule has 232 valence electrons. The number of carbonyl (C=O) groups is 2. The van der Waals surface area contributed by atoms with Crippen LogP contribution in [0.5, 0.6) is 5.75 Å². The molecule has 11 nitrogen and oxygen atoms in total. The lowest BCUT2D eigenvalue weighted by Crippen LogP contribution is -2.58. The number of benzene rings is 1. The first-order valence-electron chi connectivity index (χ1n) is 14.5. The van der Waals surface area contributed by atoms with Crippen molar-refractivity contribution in [2.75, 3.05) is 60.7 Å². The van der Waals surface area contributed by atoms with Gasteiger partial charge < -0.3 is 43.2 Å². The zero-order valence-corrected chi connectivity index (χ0v) is 25.2. The normalized spacial score (nSPS) is 26.5.